The van der Waals surface area contributed by atoms with Crippen LogP contribution in [-0.2, 0) is 4.79 Å². The second-order valence-electron chi connectivity index (χ2n) is 3.82. The van der Waals surface area contributed by atoms with Gasteiger partial charge >= 0.3 is 5.97 Å². The van der Waals surface area contributed by atoms with Crippen LogP contribution >= 0.6 is 0 Å². The van der Waals surface area contributed by atoms with E-state index in [1.807, 2.05) is 20.8 Å². The SMILES string of the molecule is CC/C(=C\C(=O)O)c1c(C)cc(O)cc1C. The normalized spacial score (nSPS) is 11.6. The van der Waals surface area contributed by atoms with E-state index in [4.69, 9.17) is 5.11 Å². The summed E-state index contributed by atoms with van der Waals surface area (Å²) in [6.45, 7) is 5.65. The number of aliphatic carboxylic acids is 1. The van der Waals surface area contributed by atoms with Gasteiger partial charge in [0, 0.05) is 6.08 Å². The average molecular weight is 220 g/mol. The van der Waals surface area contributed by atoms with Crippen LogP contribution in [0.15, 0.2) is 18.2 Å². The summed E-state index contributed by atoms with van der Waals surface area (Å²) < 4.78 is 0. The van der Waals surface area contributed by atoms with Gasteiger partial charge in [0.25, 0.3) is 0 Å². The first kappa shape index (κ1) is 12.3. The molecule has 0 amide bonds. The molecule has 0 saturated heterocycles. The van der Waals surface area contributed by atoms with Gasteiger partial charge in [-0.3, -0.25) is 0 Å². The number of carbonyl (C=O) groups is 1. The molecule has 0 aliphatic heterocycles. The fourth-order valence-electron chi connectivity index (χ4n) is 1.95. The fourth-order valence-corrected chi connectivity index (χ4v) is 1.95. The van der Waals surface area contributed by atoms with E-state index >= 15 is 0 Å². The molecule has 0 aliphatic carbocycles. The van der Waals surface area contributed by atoms with E-state index in [-0.39, 0.29) is 5.75 Å². The van der Waals surface area contributed by atoms with Crippen LogP contribution in [0, 0.1) is 13.8 Å². The van der Waals surface area contributed by atoms with Crippen LogP contribution < -0.4 is 0 Å². The molecule has 0 saturated carbocycles. The highest BCUT2D eigenvalue weighted by Gasteiger charge is 2.09. The zero-order valence-corrected chi connectivity index (χ0v) is 9.74. The Balaban J connectivity index is 3.36. The number of carboxylic acids is 1. The van der Waals surface area contributed by atoms with Crippen LogP contribution in [0.5, 0.6) is 5.75 Å². The number of hydrogen-bond acceptors (Lipinski definition) is 2. The molecule has 0 bridgehead atoms. The Hall–Kier alpha value is -1.77. The Morgan fingerprint density at radius 3 is 2.19 bits per heavy atom. The van der Waals surface area contributed by atoms with Crippen LogP contribution in [0.3, 0.4) is 0 Å². The molecule has 0 fully saturated rings. The lowest BCUT2D eigenvalue weighted by Crippen LogP contribution is -1.97. The van der Waals surface area contributed by atoms with Gasteiger partial charge in [0.1, 0.15) is 5.75 Å². The lowest BCUT2D eigenvalue weighted by atomic mass is 9.93. The van der Waals surface area contributed by atoms with Gasteiger partial charge in [0.15, 0.2) is 0 Å². The average Bonchev–Trinajstić information content (AvgIpc) is 2.13. The number of phenolic OH excluding ortho intramolecular Hbond substituents is 1. The summed E-state index contributed by atoms with van der Waals surface area (Å²) in [7, 11) is 0. The van der Waals surface area contributed by atoms with Crippen molar-refractivity contribution in [2.75, 3.05) is 0 Å². The summed E-state index contributed by atoms with van der Waals surface area (Å²) in [6, 6.07) is 3.29. The van der Waals surface area contributed by atoms with E-state index in [0.29, 0.717) is 6.42 Å². The largest absolute Gasteiger partial charge is 0.508 e. The number of phenols is 1. The number of hydrogen-bond donors (Lipinski definition) is 2. The molecule has 1 aromatic carbocycles. The van der Waals surface area contributed by atoms with Gasteiger partial charge in [0.05, 0.1) is 0 Å². The van der Waals surface area contributed by atoms with E-state index < -0.39 is 5.97 Å². The minimum absolute atomic E-state index is 0.213. The van der Waals surface area contributed by atoms with Crippen molar-refractivity contribution in [3.63, 3.8) is 0 Å². The Labute approximate surface area is 95.0 Å². The van der Waals surface area contributed by atoms with E-state index in [0.717, 1.165) is 22.3 Å². The second-order valence-corrected chi connectivity index (χ2v) is 3.82. The molecule has 0 atom stereocenters. The monoisotopic (exact) mass is 220 g/mol. The van der Waals surface area contributed by atoms with Crippen molar-refractivity contribution in [1.82, 2.24) is 0 Å². The third-order valence-electron chi connectivity index (χ3n) is 2.52. The van der Waals surface area contributed by atoms with Gasteiger partial charge in [0.2, 0.25) is 0 Å². The molecule has 3 heteroatoms. The van der Waals surface area contributed by atoms with Crippen molar-refractivity contribution in [1.29, 1.82) is 0 Å². The molecule has 0 spiro atoms. The summed E-state index contributed by atoms with van der Waals surface area (Å²) in [6.07, 6.45) is 1.88. The van der Waals surface area contributed by atoms with E-state index in [2.05, 4.69) is 0 Å². The van der Waals surface area contributed by atoms with Crippen molar-refractivity contribution < 1.29 is 15.0 Å². The van der Waals surface area contributed by atoms with Crippen molar-refractivity contribution in [2.24, 2.45) is 0 Å². The maximum absolute atomic E-state index is 10.7. The molecular formula is C13H16O3. The lowest BCUT2D eigenvalue weighted by Gasteiger charge is -2.12. The molecule has 1 aromatic rings. The van der Waals surface area contributed by atoms with Crippen LogP contribution in [0.4, 0.5) is 0 Å². The minimum atomic E-state index is -0.941. The number of rotatable bonds is 3. The number of allylic oxidation sites excluding steroid dienone is 1. The number of benzene rings is 1. The number of aromatic hydroxyl groups is 1. The predicted molar refractivity (Wildman–Crippen MR) is 63.5 cm³/mol. The maximum atomic E-state index is 10.7. The van der Waals surface area contributed by atoms with Gasteiger partial charge < -0.3 is 10.2 Å². The Morgan fingerprint density at radius 2 is 1.81 bits per heavy atom. The van der Waals surface area contributed by atoms with Gasteiger partial charge in [-0.25, -0.2) is 4.79 Å². The summed E-state index contributed by atoms with van der Waals surface area (Å²) in [5, 5.41) is 18.2. The highest BCUT2D eigenvalue weighted by atomic mass is 16.4. The van der Waals surface area contributed by atoms with Crippen LogP contribution in [0.25, 0.3) is 5.57 Å². The topological polar surface area (TPSA) is 57.5 Å². The molecule has 3 nitrogen and oxygen atoms in total. The van der Waals surface area contributed by atoms with Crippen LogP contribution in [-0.4, -0.2) is 16.2 Å². The third-order valence-corrected chi connectivity index (χ3v) is 2.52. The summed E-state index contributed by atoms with van der Waals surface area (Å²) >= 11 is 0. The summed E-state index contributed by atoms with van der Waals surface area (Å²) in [5.41, 5.74) is 3.49. The molecule has 16 heavy (non-hydrogen) atoms. The molecule has 0 aliphatic rings. The molecule has 0 radical (unpaired) electrons. The predicted octanol–water partition coefficient (Wildman–Crippen LogP) is 2.89. The van der Waals surface area contributed by atoms with Crippen molar-refractivity contribution in [3.8, 4) is 5.75 Å². The zero-order chi connectivity index (χ0) is 12.3. The highest BCUT2D eigenvalue weighted by Crippen LogP contribution is 2.28. The van der Waals surface area contributed by atoms with Crippen molar-refractivity contribution in [3.05, 3.63) is 34.9 Å². The van der Waals surface area contributed by atoms with Crippen LogP contribution in [0.1, 0.15) is 30.0 Å². The van der Waals surface area contributed by atoms with Gasteiger partial charge in [-0.05, 0) is 54.7 Å². The molecular weight excluding hydrogens is 204 g/mol. The highest BCUT2D eigenvalue weighted by molar-refractivity contribution is 5.91. The molecule has 0 unspecified atom stereocenters. The van der Waals surface area contributed by atoms with Crippen LogP contribution in [0.2, 0.25) is 0 Å². The quantitative estimate of drug-likeness (QED) is 0.770. The van der Waals surface area contributed by atoms with E-state index in [9.17, 15) is 9.90 Å². The Morgan fingerprint density at radius 1 is 1.31 bits per heavy atom. The maximum Gasteiger partial charge on any atom is 0.328 e. The molecule has 86 valence electrons. The van der Waals surface area contributed by atoms with E-state index in [1.165, 1.54) is 6.08 Å². The third kappa shape index (κ3) is 2.63. The molecule has 0 aromatic heterocycles. The first-order chi connectivity index (χ1) is 7.45. The number of aryl methyl sites for hydroxylation is 2. The minimum Gasteiger partial charge on any atom is -0.508 e. The molecule has 0 heterocycles. The van der Waals surface area contributed by atoms with Gasteiger partial charge in [-0.2, -0.15) is 0 Å². The summed E-state index contributed by atoms with van der Waals surface area (Å²) in [5.74, 6) is -0.728. The fraction of sp³-hybridized carbons (Fsp3) is 0.308. The zero-order valence-electron chi connectivity index (χ0n) is 9.74. The standard InChI is InChI=1S/C13H16O3/c1-4-10(7-12(15)16)13-8(2)5-11(14)6-9(13)3/h5-7,14H,4H2,1-3H3,(H,15,16)/b10-7+. The van der Waals surface area contributed by atoms with Crippen molar-refractivity contribution in [2.45, 2.75) is 27.2 Å². The summed E-state index contributed by atoms with van der Waals surface area (Å²) in [4.78, 5) is 10.7. The van der Waals surface area contributed by atoms with Gasteiger partial charge in [-0.15, -0.1) is 0 Å². The first-order valence-electron chi connectivity index (χ1n) is 5.19. The smallest absolute Gasteiger partial charge is 0.328 e. The second kappa shape index (κ2) is 4.84. The first-order valence-corrected chi connectivity index (χ1v) is 5.19. The molecule has 2 N–H and O–H groups in total. The Kier molecular flexibility index (Phi) is 3.72. The van der Waals surface area contributed by atoms with E-state index in [1.54, 1.807) is 12.1 Å². The molecule has 1 rings (SSSR count). The lowest BCUT2D eigenvalue weighted by molar-refractivity contribution is -0.131. The number of carboxylic acid groups (broad SMARTS) is 1. The Bertz CT molecular complexity index is 421. The van der Waals surface area contributed by atoms with Gasteiger partial charge in [-0.1, -0.05) is 6.92 Å². The van der Waals surface area contributed by atoms with Crippen molar-refractivity contribution >= 4 is 11.5 Å².